The lowest BCUT2D eigenvalue weighted by atomic mass is 9.98. The maximum atomic E-state index is 13.5. The van der Waals surface area contributed by atoms with Crippen molar-refractivity contribution < 1.29 is 9.13 Å². The third kappa shape index (κ3) is 3.43. The minimum Gasteiger partial charge on any atom is -0.494 e. The summed E-state index contributed by atoms with van der Waals surface area (Å²) in [6.45, 7) is 2.49. The van der Waals surface area contributed by atoms with Gasteiger partial charge in [0.1, 0.15) is 29.0 Å². The maximum Gasteiger partial charge on any atom is 0.142 e. The van der Waals surface area contributed by atoms with Crippen molar-refractivity contribution in [3.8, 4) is 34.2 Å². The Morgan fingerprint density at radius 3 is 2.52 bits per heavy atom. The molecule has 0 aliphatic carbocycles. The highest BCUT2D eigenvalue weighted by Gasteiger charge is 2.14. The van der Waals surface area contributed by atoms with Crippen LogP contribution in [0.15, 0.2) is 54.6 Å². The molecule has 5 heteroatoms. The molecule has 2 N–H and O–H groups in total. The van der Waals surface area contributed by atoms with E-state index in [4.69, 9.17) is 10.5 Å². The standard InChI is InChI=1S/C20H16FN3O/c1-2-25-16-8-6-13(7-9-16)17-11-19(24-20(23)18(17)12-22)14-4-3-5-15(21)10-14/h3-11H,2H2,1H3,(H2,23,24). The van der Waals surface area contributed by atoms with Gasteiger partial charge in [0, 0.05) is 11.1 Å². The second-order valence-corrected chi connectivity index (χ2v) is 5.39. The summed E-state index contributed by atoms with van der Waals surface area (Å²) in [5, 5.41) is 9.45. The molecule has 0 amide bonds. The Labute approximate surface area is 145 Å². The van der Waals surface area contributed by atoms with Gasteiger partial charge in [0.2, 0.25) is 0 Å². The smallest absolute Gasteiger partial charge is 0.142 e. The summed E-state index contributed by atoms with van der Waals surface area (Å²) >= 11 is 0. The first kappa shape index (κ1) is 16.5. The molecule has 4 nitrogen and oxygen atoms in total. The number of aromatic nitrogens is 1. The second-order valence-electron chi connectivity index (χ2n) is 5.39. The number of nitrogen functional groups attached to an aromatic ring is 1. The van der Waals surface area contributed by atoms with Crippen LogP contribution in [0, 0.1) is 17.1 Å². The van der Waals surface area contributed by atoms with Crippen LogP contribution >= 0.6 is 0 Å². The largest absolute Gasteiger partial charge is 0.494 e. The fraction of sp³-hybridized carbons (Fsp3) is 0.100. The average molecular weight is 333 g/mol. The highest BCUT2D eigenvalue weighted by atomic mass is 19.1. The molecule has 0 atom stereocenters. The van der Waals surface area contributed by atoms with Crippen LogP contribution in [0.1, 0.15) is 12.5 Å². The molecule has 1 aromatic heterocycles. The first-order valence-electron chi connectivity index (χ1n) is 7.82. The number of ether oxygens (including phenoxy) is 1. The average Bonchev–Trinajstić information content (AvgIpc) is 2.62. The van der Waals surface area contributed by atoms with Crippen LogP contribution in [-0.4, -0.2) is 11.6 Å². The quantitative estimate of drug-likeness (QED) is 0.768. The van der Waals surface area contributed by atoms with Crippen molar-refractivity contribution in [2.24, 2.45) is 0 Å². The first-order valence-corrected chi connectivity index (χ1v) is 7.82. The molecule has 124 valence electrons. The summed E-state index contributed by atoms with van der Waals surface area (Å²) in [7, 11) is 0. The molecule has 25 heavy (non-hydrogen) atoms. The van der Waals surface area contributed by atoms with Crippen molar-refractivity contribution >= 4 is 5.82 Å². The van der Waals surface area contributed by atoms with E-state index in [1.54, 1.807) is 18.2 Å². The van der Waals surface area contributed by atoms with E-state index in [0.29, 0.717) is 29.0 Å². The number of halogens is 1. The fourth-order valence-corrected chi connectivity index (χ4v) is 2.60. The lowest BCUT2D eigenvalue weighted by Crippen LogP contribution is -2.00. The van der Waals surface area contributed by atoms with Gasteiger partial charge in [-0.1, -0.05) is 24.3 Å². The molecule has 0 radical (unpaired) electrons. The molecule has 2 aromatic carbocycles. The summed E-state index contributed by atoms with van der Waals surface area (Å²) in [6, 6.07) is 17.3. The minimum absolute atomic E-state index is 0.119. The van der Waals surface area contributed by atoms with Gasteiger partial charge in [0.05, 0.1) is 12.3 Å². The van der Waals surface area contributed by atoms with Crippen LogP contribution in [0.25, 0.3) is 22.4 Å². The van der Waals surface area contributed by atoms with Crippen LogP contribution in [0.5, 0.6) is 5.75 Å². The Hall–Kier alpha value is -3.39. The van der Waals surface area contributed by atoms with Crippen molar-refractivity contribution in [1.29, 1.82) is 5.26 Å². The molecular formula is C20H16FN3O. The highest BCUT2D eigenvalue weighted by Crippen LogP contribution is 2.32. The Balaban J connectivity index is 2.13. The van der Waals surface area contributed by atoms with Crippen molar-refractivity contribution in [1.82, 2.24) is 4.98 Å². The van der Waals surface area contributed by atoms with Crippen molar-refractivity contribution in [3.63, 3.8) is 0 Å². The normalized spacial score (nSPS) is 10.3. The van der Waals surface area contributed by atoms with Gasteiger partial charge in [-0.25, -0.2) is 9.37 Å². The van der Waals surface area contributed by atoms with E-state index in [9.17, 15) is 9.65 Å². The lowest BCUT2D eigenvalue weighted by molar-refractivity contribution is 0.340. The lowest BCUT2D eigenvalue weighted by Gasteiger charge is -2.11. The van der Waals surface area contributed by atoms with E-state index in [-0.39, 0.29) is 11.6 Å². The molecule has 1 heterocycles. The van der Waals surface area contributed by atoms with Crippen LogP contribution in [-0.2, 0) is 0 Å². The summed E-state index contributed by atoms with van der Waals surface area (Å²) in [5.74, 6) is 0.509. The van der Waals surface area contributed by atoms with Crippen LogP contribution < -0.4 is 10.5 Å². The number of benzene rings is 2. The Morgan fingerprint density at radius 1 is 1.12 bits per heavy atom. The molecule has 0 bridgehead atoms. The SMILES string of the molecule is CCOc1ccc(-c2cc(-c3cccc(F)c3)nc(N)c2C#N)cc1. The fourth-order valence-electron chi connectivity index (χ4n) is 2.60. The van der Waals surface area contributed by atoms with Crippen molar-refractivity contribution in [2.45, 2.75) is 6.92 Å². The number of nitrogens with zero attached hydrogens (tertiary/aromatic N) is 2. The number of nitrogens with two attached hydrogens (primary N) is 1. The third-order valence-corrected chi connectivity index (χ3v) is 3.76. The summed E-state index contributed by atoms with van der Waals surface area (Å²) < 4.78 is 19.0. The van der Waals surface area contributed by atoms with E-state index in [2.05, 4.69) is 11.1 Å². The second kappa shape index (κ2) is 7.02. The zero-order chi connectivity index (χ0) is 17.8. The van der Waals surface area contributed by atoms with E-state index < -0.39 is 0 Å². The summed E-state index contributed by atoms with van der Waals surface area (Å²) in [4.78, 5) is 4.25. The molecule has 3 aromatic rings. The zero-order valence-corrected chi connectivity index (χ0v) is 13.7. The molecule has 0 aliphatic rings. The monoisotopic (exact) mass is 333 g/mol. The minimum atomic E-state index is -0.357. The first-order chi connectivity index (χ1) is 12.1. The van der Waals surface area contributed by atoms with Crippen LogP contribution in [0.2, 0.25) is 0 Å². The van der Waals surface area contributed by atoms with E-state index in [1.165, 1.54) is 12.1 Å². The van der Waals surface area contributed by atoms with Gasteiger partial charge >= 0.3 is 0 Å². The number of pyridine rings is 1. The summed E-state index contributed by atoms with van der Waals surface area (Å²) in [6.07, 6.45) is 0. The number of rotatable bonds is 4. The Morgan fingerprint density at radius 2 is 1.88 bits per heavy atom. The topological polar surface area (TPSA) is 71.9 Å². The van der Waals surface area contributed by atoms with Crippen molar-refractivity contribution in [3.05, 3.63) is 66.0 Å². The number of anilines is 1. The summed E-state index contributed by atoms with van der Waals surface area (Å²) in [5.41, 5.74) is 8.84. The van der Waals surface area contributed by atoms with E-state index in [0.717, 1.165) is 11.3 Å². The molecule has 0 aliphatic heterocycles. The van der Waals surface area contributed by atoms with E-state index >= 15 is 0 Å². The van der Waals surface area contributed by atoms with Gasteiger partial charge in [-0.15, -0.1) is 0 Å². The molecule has 3 rings (SSSR count). The van der Waals surface area contributed by atoms with Crippen molar-refractivity contribution in [2.75, 3.05) is 12.3 Å². The predicted molar refractivity (Wildman–Crippen MR) is 95.4 cm³/mol. The predicted octanol–water partition coefficient (Wildman–Crippen LogP) is 4.41. The van der Waals surface area contributed by atoms with Gasteiger partial charge in [-0.05, 0) is 42.8 Å². The highest BCUT2D eigenvalue weighted by molar-refractivity contribution is 5.80. The van der Waals surface area contributed by atoms with Gasteiger partial charge < -0.3 is 10.5 Å². The molecular weight excluding hydrogens is 317 g/mol. The maximum absolute atomic E-state index is 13.5. The third-order valence-electron chi connectivity index (χ3n) is 3.76. The Kier molecular flexibility index (Phi) is 4.62. The molecule has 0 saturated heterocycles. The number of hydrogen-bond acceptors (Lipinski definition) is 4. The molecule has 0 spiro atoms. The van der Waals surface area contributed by atoms with Crippen LogP contribution in [0.4, 0.5) is 10.2 Å². The van der Waals surface area contributed by atoms with Gasteiger partial charge in [-0.3, -0.25) is 0 Å². The van der Waals surface area contributed by atoms with Gasteiger partial charge in [-0.2, -0.15) is 5.26 Å². The van der Waals surface area contributed by atoms with Gasteiger partial charge in [0.15, 0.2) is 0 Å². The number of nitriles is 1. The number of hydrogen-bond donors (Lipinski definition) is 1. The van der Waals surface area contributed by atoms with Gasteiger partial charge in [0.25, 0.3) is 0 Å². The van der Waals surface area contributed by atoms with E-state index in [1.807, 2.05) is 31.2 Å². The zero-order valence-electron chi connectivity index (χ0n) is 13.7. The Bertz CT molecular complexity index is 946. The molecule has 0 fully saturated rings. The molecule has 0 saturated carbocycles. The van der Waals surface area contributed by atoms with Crippen LogP contribution in [0.3, 0.4) is 0 Å². The molecule has 0 unspecified atom stereocenters.